The Balaban J connectivity index is 1.35. The maximum Gasteiger partial charge on any atom is 0.409 e. The Hall–Kier alpha value is -2.86. The number of aliphatic carboxylic acids is 1. The second kappa shape index (κ2) is 8.02. The van der Waals surface area contributed by atoms with Crippen LogP contribution in [0.1, 0.15) is 29.9 Å². The van der Waals surface area contributed by atoms with Gasteiger partial charge in [-0.3, -0.25) is 0 Å². The fraction of sp³-hybridized carbons (Fsp3) is 0.364. The fourth-order valence-electron chi connectivity index (χ4n) is 4.08. The summed E-state index contributed by atoms with van der Waals surface area (Å²) < 4.78 is 11.0. The van der Waals surface area contributed by atoms with E-state index in [0.717, 1.165) is 0 Å². The van der Waals surface area contributed by atoms with Gasteiger partial charge >= 0.3 is 12.1 Å². The van der Waals surface area contributed by atoms with Crippen LogP contribution in [0, 0.1) is 0 Å². The van der Waals surface area contributed by atoms with Gasteiger partial charge in [0.05, 0.1) is 6.10 Å². The third-order valence-electron chi connectivity index (χ3n) is 5.48. The molecule has 0 bridgehead atoms. The first-order chi connectivity index (χ1) is 13.6. The van der Waals surface area contributed by atoms with Gasteiger partial charge in [0.25, 0.3) is 0 Å². The monoisotopic (exact) mass is 381 g/mol. The standard InChI is InChI=1S/C22H23NO5/c24-21(25)14-27-15-9-11-23(12-10-15)22(26)28-13-20-18-7-3-1-5-16(18)17-6-2-4-8-19(17)20/h1-8,15,20H,9-14H2,(H,24,25). The molecule has 4 rings (SSSR count). The zero-order valence-electron chi connectivity index (χ0n) is 15.5. The quantitative estimate of drug-likeness (QED) is 0.858. The normalized spacial score (nSPS) is 16.5. The Kier molecular flexibility index (Phi) is 5.30. The van der Waals surface area contributed by atoms with Gasteiger partial charge in [-0.2, -0.15) is 0 Å². The second-order valence-corrected chi connectivity index (χ2v) is 7.20. The van der Waals surface area contributed by atoms with E-state index in [0.29, 0.717) is 32.5 Å². The number of piperidine rings is 1. The number of amides is 1. The number of carboxylic acid groups (broad SMARTS) is 1. The molecule has 6 nitrogen and oxygen atoms in total. The highest BCUT2D eigenvalue weighted by Crippen LogP contribution is 2.44. The largest absolute Gasteiger partial charge is 0.480 e. The van der Waals surface area contributed by atoms with Crippen LogP contribution in [-0.2, 0) is 14.3 Å². The number of hydrogen-bond acceptors (Lipinski definition) is 4. The Bertz CT molecular complexity index is 827. The molecule has 1 saturated heterocycles. The zero-order chi connectivity index (χ0) is 19.5. The lowest BCUT2D eigenvalue weighted by Crippen LogP contribution is -2.41. The van der Waals surface area contributed by atoms with Crippen molar-refractivity contribution in [1.82, 2.24) is 4.90 Å². The minimum absolute atomic E-state index is 0.0489. The number of carbonyl (C=O) groups excluding carboxylic acids is 1. The van der Waals surface area contributed by atoms with Crippen LogP contribution in [0.25, 0.3) is 11.1 Å². The van der Waals surface area contributed by atoms with Crippen LogP contribution in [0.3, 0.4) is 0 Å². The van der Waals surface area contributed by atoms with Gasteiger partial charge in [-0.15, -0.1) is 0 Å². The molecule has 146 valence electrons. The minimum atomic E-state index is -0.973. The number of fused-ring (bicyclic) bond motifs is 3. The molecule has 1 heterocycles. The average Bonchev–Trinajstić information content (AvgIpc) is 3.05. The number of ether oxygens (including phenoxy) is 2. The Morgan fingerprint density at radius 1 is 0.964 bits per heavy atom. The summed E-state index contributed by atoms with van der Waals surface area (Å²) in [6.45, 7) is 1.04. The lowest BCUT2D eigenvalue weighted by Gasteiger charge is -2.31. The zero-order valence-corrected chi connectivity index (χ0v) is 15.5. The smallest absolute Gasteiger partial charge is 0.409 e. The summed E-state index contributed by atoms with van der Waals surface area (Å²) in [5, 5.41) is 8.69. The third-order valence-corrected chi connectivity index (χ3v) is 5.48. The van der Waals surface area contributed by atoms with Crippen molar-refractivity contribution >= 4 is 12.1 Å². The highest BCUT2D eigenvalue weighted by atomic mass is 16.6. The maximum atomic E-state index is 12.5. The van der Waals surface area contributed by atoms with Gasteiger partial charge in [0.1, 0.15) is 13.2 Å². The van der Waals surface area contributed by atoms with Crippen LogP contribution in [-0.4, -0.2) is 54.5 Å². The van der Waals surface area contributed by atoms with E-state index in [9.17, 15) is 9.59 Å². The molecule has 1 fully saturated rings. The van der Waals surface area contributed by atoms with Crippen LogP contribution < -0.4 is 0 Å². The molecular formula is C22H23NO5. The van der Waals surface area contributed by atoms with Gasteiger partial charge in [0, 0.05) is 19.0 Å². The fourth-order valence-corrected chi connectivity index (χ4v) is 4.08. The second-order valence-electron chi connectivity index (χ2n) is 7.20. The minimum Gasteiger partial charge on any atom is -0.480 e. The van der Waals surface area contributed by atoms with Crippen molar-refractivity contribution in [3.8, 4) is 11.1 Å². The number of carboxylic acids is 1. The number of hydrogen-bond donors (Lipinski definition) is 1. The summed E-state index contributed by atoms with van der Waals surface area (Å²) >= 11 is 0. The van der Waals surface area contributed by atoms with Crippen LogP contribution in [0.15, 0.2) is 48.5 Å². The molecule has 0 saturated carbocycles. The van der Waals surface area contributed by atoms with Crippen LogP contribution in [0.4, 0.5) is 4.79 Å². The van der Waals surface area contributed by atoms with Crippen molar-refractivity contribution in [2.75, 3.05) is 26.3 Å². The van der Waals surface area contributed by atoms with Gasteiger partial charge in [0.2, 0.25) is 0 Å². The van der Waals surface area contributed by atoms with E-state index in [4.69, 9.17) is 14.6 Å². The molecule has 2 aromatic carbocycles. The number of benzene rings is 2. The van der Waals surface area contributed by atoms with Crippen molar-refractivity contribution in [1.29, 1.82) is 0 Å². The van der Waals surface area contributed by atoms with Crippen molar-refractivity contribution in [2.45, 2.75) is 24.9 Å². The van der Waals surface area contributed by atoms with Crippen LogP contribution in [0.5, 0.6) is 0 Å². The van der Waals surface area contributed by atoms with Gasteiger partial charge in [0.15, 0.2) is 0 Å². The Morgan fingerprint density at radius 2 is 1.54 bits per heavy atom. The first-order valence-electron chi connectivity index (χ1n) is 9.57. The molecule has 2 aromatic rings. The summed E-state index contributed by atoms with van der Waals surface area (Å²) in [5.74, 6) is -0.924. The van der Waals surface area contributed by atoms with Gasteiger partial charge in [-0.1, -0.05) is 48.5 Å². The Morgan fingerprint density at radius 3 is 2.11 bits per heavy atom. The summed E-state index contributed by atoms with van der Waals surface area (Å²) in [5.41, 5.74) is 4.79. The van der Waals surface area contributed by atoms with Crippen molar-refractivity contribution < 1.29 is 24.2 Å². The summed E-state index contributed by atoms with van der Waals surface area (Å²) in [6, 6.07) is 16.5. The van der Waals surface area contributed by atoms with Crippen LogP contribution in [0.2, 0.25) is 0 Å². The van der Waals surface area contributed by atoms with Gasteiger partial charge < -0.3 is 19.5 Å². The summed E-state index contributed by atoms with van der Waals surface area (Å²) in [7, 11) is 0. The van der Waals surface area contributed by atoms with E-state index in [2.05, 4.69) is 24.3 Å². The molecule has 1 aliphatic carbocycles. The molecule has 0 atom stereocenters. The third kappa shape index (κ3) is 3.73. The molecule has 2 aliphatic rings. The lowest BCUT2D eigenvalue weighted by molar-refractivity contribution is -0.145. The number of nitrogens with zero attached hydrogens (tertiary/aromatic N) is 1. The molecular weight excluding hydrogens is 358 g/mol. The predicted molar refractivity (Wildman–Crippen MR) is 103 cm³/mol. The highest BCUT2D eigenvalue weighted by molar-refractivity contribution is 5.79. The van der Waals surface area contributed by atoms with E-state index in [1.54, 1.807) is 4.90 Å². The lowest BCUT2D eigenvalue weighted by atomic mass is 9.98. The van der Waals surface area contributed by atoms with Crippen molar-refractivity contribution in [2.24, 2.45) is 0 Å². The van der Waals surface area contributed by atoms with E-state index in [1.807, 2.05) is 24.3 Å². The SMILES string of the molecule is O=C(O)COC1CCN(C(=O)OCC2c3ccccc3-c3ccccc32)CC1. The van der Waals surface area contributed by atoms with Crippen LogP contribution >= 0.6 is 0 Å². The summed E-state index contributed by atoms with van der Waals surface area (Å²) in [4.78, 5) is 24.8. The number of carbonyl (C=O) groups is 2. The van der Waals surface area contributed by atoms with E-state index in [-0.39, 0.29) is 24.7 Å². The van der Waals surface area contributed by atoms with E-state index >= 15 is 0 Å². The van der Waals surface area contributed by atoms with E-state index in [1.165, 1.54) is 22.3 Å². The predicted octanol–water partition coefficient (Wildman–Crippen LogP) is 3.50. The first-order valence-corrected chi connectivity index (χ1v) is 9.57. The molecule has 0 radical (unpaired) electrons. The molecule has 28 heavy (non-hydrogen) atoms. The van der Waals surface area contributed by atoms with Gasteiger partial charge in [-0.05, 0) is 35.1 Å². The average molecular weight is 381 g/mol. The van der Waals surface area contributed by atoms with Crippen molar-refractivity contribution in [3.63, 3.8) is 0 Å². The molecule has 1 aliphatic heterocycles. The van der Waals surface area contributed by atoms with Gasteiger partial charge in [-0.25, -0.2) is 9.59 Å². The Labute approximate surface area is 163 Å². The first kappa shape index (κ1) is 18.5. The van der Waals surface area contributed by atoms with E-state index < -0.39 is 5.97 Å². The number of likely N-dealkylation sites (tertiary alicyclic amines) is 1. The molecule has 1 amide bonds. The van der Waals surface area contributed by atoms with Crippen molar-refractivity contribution in [3.05, 3.63) is 59.7 Å². The molecule has 0 unspecified atom stereocenters. The highest BCUT2D eigenvalue weighted by Gasteiger charge is 2.30. The summed E-state index contributed by atoms with van der Waals surface area (Å²) in [6.07, 6.45) is 0.807. The molecule has 0 spiro atoms. The maximum absolute atomic E-state index is 12.5. The molecule has 1 N–H and O–H groups in total. The molecule has 6 heteroatoms. The topological polar surface area (TPSA) is 76.1 Å². The molecule has 0 aromatic heterocycles. The number of rotatable bonds is 5.